The standard InChI is InChI=1S/C16H27NO2/c1-12-9-13(2)14(15(10-12)19-6)7-8-17(5)11-16(3,4)18/h9-10,18H,7-8,11H2,1-6H3. The Hall–Kier alpha value is -1.06. The highest BCUT2D eigenvalue weighted by Gasteiger charge is 2.16. The van der Waals surface area contributed by atoms with E-state index in [2.05, 4.69) is 30.9 Å². The van der Waals surface area contributed by atoms with Gasteiger partial charge in [0.1, 0.15) is 5.75 Å². The summed E-state index contributed by atoms with van der Waals surface area (Å²) in [7, 11) is 3.76. The van der Waals surface area contributed by atoms with Crippen molar-refractivity contribution in [3.8, 4) is 5.75 Å². The van der Waals surface area contributed by atoms with Gasteiger partial charge in [-0.2, -0.15) is 0 Å². The fourth-order valence-electron chi connectivity index (χ4n) is 2.50. The van der Waals surface area contributed by atoms with Gasteiger partial charge in [0, 0.05) is 13.1 Å². The van der Waals surface area contributed by atoms with Crippen LogP contribution in [0.5, 0.6) is 5.75 Å². The number of likely N-dealkylation sites (N-methyl/N-ethyl adjacent to an activating group) is 1. The summed E-state index contributed by atoms with van der Waals surface area (Å²) in [5.41, 5.74) is 3.10. The van der Waals surface area contributed by atoms with Gasteiger partial charge in [0.25, 0.3) is 0 Å². The van der Waals surface area contributed by atoms with Crippen molar-refractivity contribution in [1.82, 2.24) is 4.90 Å². The van der Waals surface area contributed by atoms with Gasteiger partial charge < -0.3 is 14.7 Å². The van der Waals surface area contributed by atoms with E-state index >= 15 is 0 Å². The third kappa shape index (κ3) is 5.21. The average molecular weight is 265 g/mol. The molecule has 0 aliphatic carbocycles. The Morgan fingerprint density at radius 1 is 1.26 bits per heavy atom. The number of hydrogen-bond acceptors (Lipinski definition) is 3. The molecule has 1 aromatic rings. The predicted molar refractivity (Wildman–Crippen MR) is 80.0 cm³/mol. The maximum absolute atomic E-state index is 9.81. The van der Waals surface area contributed by atoms with Crippen molar-refractivity contribution in [3.05, 3.63) is 28.8 Å². The van der Waals surface area contributed by atoms with Crippen molar-refractivity contribution in [1.29, 1.82) is 0 Å². The third-order valence-corrected chi connectivity index (χ3v) is 3.20. The molecule has 0 amide bonds. The summed E-state index contributed by atoms with van der Waals surface area (Å²) in [6.45, 7) is 9.45. The molecule has 0 unspecified atom stereocenters. The molecule has 1 aromatic carbocycles. The van der Waals surface area contributed by atoms with Crippen LogP contribution in [0.4, 0.5) is 0 Å². The molecule has 0 spiro atoms. The SMILES string of the molecule is COc1cc(C)cc(C)c1CCN(C)CC(C)(C)O. The molecule has 0 aliphatic rings. The van der Waals surface area contributed by atoms with Crippen LogP contribution >= 0.6 is 0 Å². The van der Waals surface area contributed by atoms with Gasteiger partial charge in [-0.15, -0.1) is 0 Å². The molecule has 0 aromatic heterocycles. The monoisotopic (exact) mass is 265 g/mol. The number of benzene rings is 1. The van der Waals surface area contributed by atoms with Crippen molar-refractivity contribution in [2.75, 3.05) is 27.2 Å². The lowest BCUT2D eigenvalue weighted by molar-refractivity contribution is 0.0449. The lowest BCUT2D eigenvalue weighted by Gasteiger charge is -2.26. The molecule has 0 saturated carbocycles. The van der Waals surface area contributed by atoms with Gasteiger partial charge >= 0.3 is 0 Å². The molecular formula is C16H27NO2. The molecule has 1 rings (SSSR count). The molecule has 3 nitrogen and oxygen atoms in total. The lowest BCUT2D eigenvalue weighted by atomic mass is 10.0. The first-order chi connectivity index (χ1) is 8.73. The van der Waals surface area contributed by atoms with Crippen LogP contribution in [-0.2, 0) is 6.42 Å². The van der Waals surface area contributed by atoms with Gasteiger partial charge in [-0.3, -0.25) is 0 Å². The number of nitrogens with zero attached hydrogens (tertiary/aromatic N) is 1. The Labute approximate surface area is 117 Å². The Morgan fingerprint density at radius 3 is 2.42 bits per heavy atom. The summed E-state index contributed by atoms with van der Waals surface area (Å²) in [5.74, 6) is 0.967. The van der Waals surface area contributed by atoms with E-state index in [0.29, 0.717) is 6.54 Å². The summed E-state index contributed by atoms with van der Waals surface area (Å²) in [6, 6.07) is 4.27. The van der Waals surface area contributed by atoms with Gasteiger partial charge in [0.05, 0.1) is 12.7 Å². The smallest absolute Gasteiger partial charge is 0.122 e. The van der Waals surface area contributed by atoms with E-state index in [9.17, 15) is 5.11 Å². The van der Waals surface area contributed by atoms with Crippen LogP contribution in [-0.4, -0.2) is 42.9 Å². The fraction of sp³-hybridized carbons (Fsp3) is 0.625. The van der Waals surface area contributed by atoms with E-state index in [0.717, 1.165) is 18.7 Å². The van der Waals surface area contributed by atoms with E-state index in [1.54, 1.807) is 7.11 Å². The quantitative estimate of drug-likeness (QED) is 0.858. The molecule has 0 atom stereocenters. The normalized spacial score (nSPS) is 12.0. The minimum Gasteiger partial charge on any atom is -0.496 e. The van der Waals surface area contributed by atoms with E-state index in [1.165, 1.54) is 16.7 Å². The third-order valence-electron chi connectivity index (χ3n) is 3.20. The largest absolute Gasteiger partial charge is 0.496 e. The van der Waals surface area contributed by atoms with E-state index in [1.807, 2.05) is 20.9 Å². The van der Waals surface area contributed by atoms with Crippen molar-refractivity contribution in [2.24, 2.45) is 0 Å². The van der Waals surface area contributed by atoms with Crippen LogP contribution in [0.3, 0.4) is 0 Å². The van der Waals surface area contributed by atoms with Crippen molar-refractivity contribution < 1.29 is 9.84 Å². The Bertz CT molecular complexity index is 421. The van der Waals surface area contributed by atoms with Gasteiger partial charge in [0.15, 0.2) is 0 Å². The molecule has 108 valence electrons. The zero-order valence-corrected chi connectivity index (χ0v) is 13.1. The summed E-state index contributed by atoms with van der Waals surface area (Å²) < 4.78 is 5.47. The first-order valence-corrected chi connectivity index (χ1v) is 6.78. The van der Waals surface area contributed by atoms with Crippen LogP contribution < -0.4 is 4.74 Å². The first-order valence-electron chi connectivity index (χ1n) is 6.78. The zero-order valence-electron chi connectivity index (χ0n) is 13.1. The minimum atomic E-state index is -0.652. The Morgan fingerprint density at radius 2 is 1.89 bits per heavy atom. The van der Waals surface area contributed by atoms with Crippen LogP contribution in [0.25, 0.3) is 0 Å². The van der Waals surface area contributed by atoms with Crippen LogP contribution in [0.1, 0.15) is 30.5 Å². The number of hydrogen-bond donors (Lipinski definition) is 1. The summed E-state index contributed by atoms with van der Waals surface area (Å²) in [6.07, 6.45) is 0.932. The van der Waals surface area contributed by atoms with E-state index in [-0.39, 0.29) is 0 Å². The number of methoxy groups -OCH3 is 1. The highest BCUT2D eigenvalue weighted by atomic mass is 16.5. The van der Waals surface area contributed by atoms with Crippen molar-refractivity contribution in [2.45, 2.75) is 39.7 Å². The topological polar surface area (TPSA) is 32.7 Å². The second-order valence-corrected chi connectivity index (χ2v) is 6.06. The summed E-state index contributed by atoms with van der Waals surface area (Å²) in [4.78, 5) is 2.15. The second-order valence-electron chi connectivity index (χ2n) is 6.06. The Kier molecular flexibility index (Phi) is 5.39. The number of rotatable bonds is 6. The Balaban J connectivity index is 2.72. The average Bonchev–Trinajstić information content (AvgIpc) is 2.24. The maximum atomic E-state index is 9.81. The molecule has 0 fully saturated rings. The lowest BCUT2D eigenvalue weighted by Crippen LogP contribution is -2.37. The molecule has 0 heterocycles. The fourth-order valence-corrected chi connectivity index (χ4v) is 2.50. The van der Waals surface area contributed by atoms with Gasteiger partial charge in [-0.05, 0) is 63.9 Å². The molecule has 3 heteroatoms. The van der Waals surface area contributed by atoms with Crippen LogP contribution in [0, 0.1) is 13.8 Å². The predicted octanol–water partition coefficient (Wildman–Crippen LogP) is 2.56. The van der Waals surface area contributed by atoms with Crippen LogP contribution in [0.2, 0.25) is 0 Å². The molecule has 19 heavy (non-hydrogen) atoms. The van der Waals surface area contributed by atoms with E-state index in [4.69, 9.17) is 4.74 Å². The summed E-state index contributed by atoms with van der Waals surface area (Å²) in [5, 5.41) is 9.81. The molecule has 0 bridgehead atoms. The molecule has 0 saturated heterocycles. The van der Waals surface area contributed by atoms with Gasteiger partial charge in [-0.1, -0.05) is 6.07 Å². The van der Waals surface area contributed by atoms with Crippen molar-refractivity contribution >= 4 is 0 Å². The molecule has 0 aliphatic heterocycles. The number of aliphatic hydroxyl groups is 1. The van der Waals surface area contributed by atoms with Gasteiger partial charge in [-0.25, -0.2) is 0 Å². The zero-order chi connectivity index (χ0) is 14.6. The molecule has 1 N–H and O–H groups in total. The summed E-state index contributed by atoms with van der Waals surface area (Å²) >= 11 is 0. The maximum Gasteiger partial charge on any atom is 0.122 e. The minimum absolute atomic E-state index is 0.652. The molecule has 0 radical (unpaired) electrons. The number of aryl methyl sites for hydroxylation is 2. The first kappa shape index (κ1) is 16.0. The second kappa shape index (κ2) is 6.40. The number of ether oxygens (including phenoxy) is 1. The van der Waals surface area contributed by atoms with E-state index < -0.39 is 5.60 Å². The van der Waals surface area contributed by atoms with Crippen LogP contribution in [0.15, 0.2) is 12.1 Å². The van der Waals surface area contributed by atoms with Gasteiger partial charge in [0.2, 0.25) is 0 Å². The molecular weight excluding hydrogens is 238 g/mol. The highest BCUT2D eigenvalue weighted by molar-refractivity contribution is 5.43. The van der Waals surface area contributed by atoms with Crippen molar-refractivity contribution in [3.63, 3.8) is 0 Å². The highest BCUT2D eigenvalue weighted by Crippen LogP contribution is 2.24.